The number of aromatic nitrogens is 2. The molecule has 0 saturated carbocycles. The number of pyridine rings is 1. The molecule has 0 aliphatic carbocycles. The van der Waals surface area contributed by atoms with E-state index >= 15 is 0 Å². The number of amides is 1. The van der Waals surface area contributed by atoms with Gasteiger partial charge in [0.1, 0.15) is 18.0 Å². The normalized spacial score (nSPS) is 19.0. The summed E-state index contributed by atoms with van der Waals surface area (Å²) in [6.07, 6.45) is 5.27. The Morgan fingerprint density at radius 3 is 2.76 bits per heavy atom. The van der Waals surface area contributed by atoms with E-state index in [0.717, 1.165) is 59.8 Å². The summed E-state index contributed by atoms with van der Waals surface area (Å²) in [4.78, 5) is 18.5. The number of carbonyl (C=O) groups is 1. The Labute approximate surface area is 180 Å². The molecular formula is C20H29BrN4O3Si. The summed E-state index contributed by atoms with van der Waals surface area (Å²) >= 11 is 3.69. The SMILES string of the molecule is C[Si](C)(C)CCOCn1ccc2c(N3CCC4(CC3)CNC(=O)O4)c(Br)cnc21. The van der Waals surface area contributed by atoms with E-state index in [9.17, 15) is 4.79 Å². The number of fused-ring (bicyclic) bond motifs is 1. The Kier molecular flexibility index (Phi) is 5.65. The molecule has 1 amide bonds. The van der Waals surface area contributed by atoms with E-state index in [2.05, 4.69) is 67.6 Å². The molecule has 0 atom stereocenters. The maximum absolute atomic E-state index is 11.5. The Morgan fingerprint density at radius 1 is 1.34 bits per heavy atom. The number of alkyl carbamates (subject to hydrolysis) is 1. The molecule has 2 saturated heterocycles. The van der Waals surface area contributed by atoms with Crippen molar-refractivity contribution < 1.29 is 14.3 Å². The summed E-state index contributed by atoms with van der Waals surface area (Å²) in [5, 5.41) is 3.92. The van der Waals surface area contributed by atoms with Crippen LogP contribution in [-0.2, 0) is 16.2 Å². The molecule has 0 bridgehead atoms. The highest BCUT2D eigenvalue weighted by Gasteiger charge is 2.43. The van der Waals surface area contributed by atoms with Gasteiger partial charge in [-0.05, 0) is 28.0 Å². The Balaban J connectivity index is 1.48. The predicted octanol–water partition coefficient (Wildman–Crippen LogP) is 4.19. The number of hydrogen-bond donors (Lipinski definition) is 1. The standard InChI is InChI=1S/C20H29BrN4O3Si/c1-29(2,3)11-10-27-14-25-7-4-15-17(16(21)12-22-18(15)25)24-8-5-20(6-9-24)13-23-19(26)28-20/h4,7,12H,5-6,8-11,13-14H2,1-3H3,(H,23,26). The molecule has 0 unspecified atom stereocenters. The number of hydrogen-bond acceptors (Lipinski definition) is 5. The van der Waals surface area contributed by atoms with E-state index in [-0.39, 0.29) is 11.7 Å². The number of nitrogens with one attached hydrogen (secondary N) is 1. The summed E-state index contributed by atoms with van der Waals surface area (Å²) < 4.78 is 14.5. The van der Waals surface area contributed by atoms with Crippen molar-refractivity contribution in [2.45, 2.75) is 50.9 Å². The van der Waals surface area contributed by atoms with E-state index in [4.69, 9.17) is 9.47 Å². The van der Waals surface area contributed by atoms with Crippen LogP contribution in [0.3, 0.4) is 0 Å². The zero-order valence-corrected chi connectivity index (χ0v) is 19.9. The molecule has 2 aliphatic heterocycles. The van der Waals surface area contributed by atoms with Crippen LogP contribution in [0.5, 0.6) is 0 Å². The van der Waals surface area contributed by atoms with Crippen LogP contribution >= 0.6 is 15.9 Å². The zero-order valence-electron chi connectivity index (χ0n) is 17.3. The number of anilines is 1. The van der Waals surface area contributed by atoms with Crippen LogP contribution in [0.4, 0.5) is 10.5 Å². The van der Waals surface area contributed by atoms with Gasteiger partial charge in [0.25, 0.3) is 0 Å². The second kappa shape index (κ2) is 7.92. The third-order valence-electron chi connectivity index (χ3n) is 5.80. The maximum atomic E-state index is 11.5. The van der Waals surface area contributed by atoms with Gasteiger partial charge in [-0.25, -0.2) is 9.78 Å². The largest absolute Gasteiger partial charge is 0.441 e. The lowest BCUT2D eigenvalue weighted by atomic mass is 9.91. The minimum Gasteiger partial charge on any atom is -0.441 e. The van der Waals surface area contributed by atoms with Crippen molar-refractivity contribution in [1.82, 2.24) is 14.9 Å². The van der Waals surface area contributed by atoms with Gasteiger partial charge in [0.05, 0.1) is 16.7 Å². The summed E-state index contributed by atoms with van der Waals surface area (Å²) in [6.45, 7) is 10.7. The van der Waals surface area contributed by atoms with E-state index in [1.807, 2.05) is 6.20 Å². The van der Waals surface area contributed by atoms with E-state index in [0.29, 0.717) is 13.3 Å². The second-order valence-electron chi connectivity index (χ2n) is 9.24. The van der Waals surface area contributed by atoms with Crippen LogP contribution in [0.25, 0.3) is 11.0 Å². The van der Waals surface area contributed by atoms with Gasteiger partial charge in [0.15, 0.2) is 0 Å². The highest BCUT2D eigenvalue weighted by atomic mass is 79.9. The molecule has 1 N–H and O–H groups in total. The van der Waals surface area contributed by atoms with Crippen molar-refractivity contribution in [1.29, 1.82) is 0 Å². The third kappa shape index (κ3) is 4.46. The Morgan fingerprint density at radius 2 is 2.10 bits per heavy atom. The first kappa shape index (κ1) is 20.7. The van der Waals surface area contributed by atoms with Crippen LogP contribution in [-0.4, -0.2) is 55.6 Å². The fourth-order valence-electron chi connectivity index (χ4n) is 3.99. The molecule has 1 spiro atoms. The molecule has 4 heterocycles. The van der Waals surface area contributed by atoms with E-state index in [1.54, 1.807) is 0 Å². The van der Waals surface area contributed by atoms with E-state index < -0.39 is 8.07 Å². The van der Waals surface area contributed by atoms with Crippen LogP contribution in [0.2, 0.25) is 25.7 Å². The lowest BCUT2D eigenvalue weighted by Crippen LogP contribution is -2.46. The van der Waals surface area contributed by atoms with Crippen LogP contribution < -0.4 is 10.2 Å². The van der Waals surface area contributed by atoms with Gasteiger partial charge in [-0.2, -0.15) is 0 Å². The van der Waals surface area contributed by atoms with Gasteiger partial charge >= 0.3 is 6.09 Å². The minimum absolute atomic E-state index is 0.294. The lowest BCUT2D eigenvalue weighted by molar-refractivity contribution is 0.0367. The molecule has 4 rings (SSSR count). The first-order chi connectivity index (χ1) is 13.8. The summed E-state index contributed by atoms with van der Waals surface area (Å²) in [5.74, 6) is 0. The second-order valence-corrected chi connectivity index (χ2v) is 15.7. The number of rotatable bonds is 6. The highest BCUT2D eigenvalue weighted by molar-refractivity contribution is 9.10. The molecule has 0 radical (unpaired) electrons. The maximum Gasteiger partial charge on any atom is 0.407 e. The monoisotopic (exact) mass is 480 g/mol. The lowest BCUT2D eigenvalue weighted by Gasteiger charge is -2.38. The average Bonchev–Trinajstić information content (AvgIpc) is 3.23. The highest BCUT2D eigenvalue weighted by Crippen LogP contribution is 2.38. The van der Waals surface area contributed by atoms with Crippen molar-refractivity contribution in [3.8, 4) is 0 Å². The minimum atomic E-state index is -1.09. The molecular weight excluding hydrogens is 452 g/mol. The molecule has 9 heteroatoms. The van der Waals surface area contributed by atoms with Crippen LogP contribution in [0.15, 0.2) is 22.9 Å². The van der Waals surface area contributed by atoms with E-state index in [1.165, 1.54) is 0 Å². The zero-order chi connectivity index (χ0) is 20.6. The molecule has 0 aromatic carbocycles. The third-order valence-corrected chi connectivity index (χ3v) is 8.08. The topological polar surface area (TPSA) is 68.6 Å². The van der Waals surface area contributed by atoms with Gasteiger partial charge in [-0.15, -0.1) is 0 Å². The quantitative estimate of drug-likeness (QED) is 0.495. The van der Waals surface area contributed by atoms with Gasteiger partial charge in [0, 0.05) is 58.4 Å². The molecule has 7 nitrogen and oxygen atoms in total. The predicted molar refractivity (Wildman–Crippen MR) is 120 cm³/mol. The number of nitrogens with zero attached hydrogens (tertiary/aromatic N) is 3. The summed E-state index contributed by atoms with van der Waals surface area (Å²) in [6, 6.07) is 3.28. The Bertz CT molecular complexity index is 903. The van der Waals surface area contributed by atoms with Crippen molar-refractivity contribution in [3.63, 3.8) is 0 Å². The van der Waals surface area contributed by atoms with Gasteiger partial charge in [-0.1, -0.05) is 19.6 Å². The number of carbonyl (C=O) groups excluding carboxylic acids is 1. The van der Waals surface area contributed by atoms with Crippen LogP contribution in [0.1, 0.15) is 12.8 Å². The van der Waals surface area contributed by atoms with Crippen molar-refractivity contribution >= 4 is 46.8 Å². The number of piperidine rings is 1. The summed E-state index contributed by atoms with van der Waals surface area (Å²) in [7, 11) is -1.09. The molecule has 2 aromatic rings. The fraction of sp³-hybridized carbons (Fsp3) is 0.600. The number of ether oxygens (including phenoxy) is 2. The molecule has 29 heavy (non-hydrogen) atoms. The van der Waals surface area contributed by atoms with Crippen molar-refractivity contribution in [2.75, 3.05) is 31.1 Å². The molecule has 158 valence electrons. The Hall–Kier alpha value is -1.58. The first-order valence-corrected chi connectivity index (χ1v) is 14.7. The van der Waals surface area contributed by atoms with Crippen molar-refractivity contribution in [2.24, 2.45) is 0 Å². The summed E-state index contributed by atoms with van der Waals surface area (Å²) in [5.41, 5.74) is 1.75. The van der Waals surface area contributed by atoms with Gasteiger partial charge < -0.3 is 24.3 Å². The average molecular weight is 481 g/mol. The first-order valence-electron chi connectivity index (χ1n) is 10.2. The smallest absolute Gasteiger partial charge is 0.407 e. The molecule has 2 aromatic heterocycles. The van der Waals surface area contributed by atoms with Gasteiger partial charge in [-0.3, -0.25) is 0 Å². The van der Waals surface area contributed by atoms with Crippen LogP contribution in [0, 0.1) is 0 Å². The molecule has 2 aliphatic rings. The van der Waals surface area contributed by atoms with Gasteiger partial charge in [0.2, 0.25) is 0 Å². The fourth-order valence-corrected chi connectivity index (χ4v) is 5.31. The molecule has 2 fully saturated rings. The van der Waals surface area contributed by atoms with Crippen molar-refractivity contribution in [3.05, 3.63) is 22.9 Å². The number of halogens is 1.